The summed E-state index contributed by atoms with van der Waals surface area (Å²) in [5.74, 6) is -0.591. The number of nitrogens with one attached hydrogen (secondary N) is 1. The van der Waals surface area contributed by atoms with Crippen molar-refractivity contribution in [3.63, 3.8) is 0 Å². The number of halogens is 3. The zero-order valence-electron chi connectivity index (χ0n) is 20.2. The van der Waals surface area contributed by atoms with Gasteiger partial charge >= 0.3 is 6.18 Å². The minimum atomic E-state index is -4.52. The van der Waals surface area contributed by atoms with E-state index in [0.717, 1.165) is 48.3 Å². The molecule has 1 amide bonds. The van der Waals surface area contributed by atoms with Crippen molar-refractivity contribution in [2.75, 3.05) is 29.9 Å². The predicted molar refractivity (Wildman–Crippen MR) is 136 cm³/mol. The number of aldehydes is 1. The number of amides is 1. The summed E-state index contributed by atoms with van der Waals surface area (Å²) in [6.45, 7) is 5.30. The highest BCUT2D eigenvalue weighted by atomic mass is 19.4. The molecule has 2 N–H and O–H groups in total. The summed E-state index contributed by atoms with van der Waals surface area (Å²) < 4.78 is 39.1. The Labute approximate surface area is 208 Å². The summed E-state index contributed by atoms with van der Waals surface area (Å²) in [6.07, 6.45) is -2.16. The zero-order valence-corrected chi connectivity index (χ0v) is 20.2. The fourth-order valence-electron chi connectivity index (χ4n) is 4.09. The Morgan fingerprint density at radius 1 is 1.03 bits per heavy atom. The first kappa shape index (κ1) is 26.9. The first-order valence-electron chi connectivity index (χ1n) is 11.8. The molecule has 0 radical (unpaired) electrons. The Morgan fingerprint density at radius 2 is 1.81 bits per heavy atom. The Hall–Kier alpha value is -3.65. The number of anilines is 2. The zero-order chi connectivity index (χ0) is 26.3. The van der Waals surface area contributed by atoms with Gasteiger partial charge in [0.15, 0.2) is 6.29 Å². The van der Waals surface area contributed by atoms with Crippen LogP contribution < -0.4 is 10.2 Å². The predicted octanol–water partition coefficient (Wildman–Crippen LogP) is 6.21. The van der Waals surface area contributed by atoms with E-state index in [1.165, 1.54) is 24.3 Å². The molecule has 8 heteroatoms. The van der Waals surface area contributed by atoms with Crippen LogP contribution in [0.5, 0.6) is 0 Å². The van der Waals surface area contributed by atoms with E-state index >= 15 is 0 Å². The topological polar surface area (TPSA) is 69.6 Å². The second-order valence-electron chi connectivity index (χ2n) is 8.36. The molecule has 0 saturated carbocycles. The number of carbonyl (C=O) groups excluding carboxylic acids is 2. The van der Waals surface area contributed by atoms with Crippen molar-refractivity contribution in [3.8, 4) is 11.1 Å². The van der Waals surface area contributed by atoms with Crippen molar-refractivity contribution in [1.29, 1.82) is 0 Å². The number of alkyl halides is 3. The Bertz CT molecular complexity index is 1220. The maximum absolute atomic E-state index is 13.0. The van der Waals surface area contributed by atoms with Gasteiger partial charge in [0, 0.05) is 35.6 Å². The van der Waals surface area contributed by atoms with E-state index in [4.69, 9.17) is 0 Å². The van der Waals surface area contributed by atoms with E-state index in [0.29, 0.717) is 24.0 Å². The minimum absolute atomic E-state index is 0.00182. The second-order valence-corrected chi connectivity index (χ2v) is 8.36. The van der Waals surface area contributed by atoms with Crippen molar-refractivity contribution in [2.45, 2.75) is 32.9 Å². The molecule has 0 saturated heterocycles. The van der Waals surface area contributed by atoms with Crippen LogP contribution in [0, 0.1) is 0 Å². The standard InChI is InChI=1S/C28H29F3N2O3/c1-3-12-33(13-14-34)26-16-20(9-8-19(26)4-2)25-15-21(10-11-22(25)18-35)27(36)32-24-7-5-6-23(17-24)28(29,30)31/h5-11,15-18,34H,3-4,12-14H2,1-2H3,(H,32,36). The second kappa shape index (κ2) is 11.9. The number of carbonyl (C=O) groups is 2. The molecule has 190 valence electrons. The molecule has 3 aromatic carbocycles. The molecule has 0 unspecified atom stereocenters. The number of nitrogens with zero attached hydrogens (tertiary/aromatic N) is 1. The summed E-state index contributed by atoms with van der Waals surface area (Å²) in [5.41, 5.74) is 3.03. The lowest BCUT2D eigenvalue weighted by Gasteiger charge is -2.27. The monoisotopic (exact) mass is 498 g/mol. The fraction of sp³-hybridized carbons (Fsp3) is 0.286. The molecule has 0 aliphatic rings. The summed E-state index contributed by atoms with van der Waals surface area (Å²) in [6, 6.07) is 14.8. The van der Waals surface area contributed by atoms with Gasteiger partial charge in [0.05, 0.1) is 12.2 Å². The largest absolute Gasteiger partial charge is 0.416 e. The Balaban J connectivity index is 1.99. The highest BCUT2D eigenvalue weighted by molar-refractivity contribution is 6.06. The van der Waals surface area contributed by atoms with Gasteiger partial charge < -0.3 is 15.3 Å². The van der Waals surface area contributed by atoms with Crippen molar-refractivity contribution < 1.29 is 27.9 Å². The molecule has 0 aliphatic carbocycles. The third-order valence-corrected chi connectivity index (χ3v) is 5.87. The molecular weight excluding hydrogens is 469 g/mol. The number of aliphatic hydroxyl groups excluding tert-OH is 1. The molecule has 0 aliphatic heterocycles. The van der Waals surface area contributed by atoms with Crippen LogP contribution in [-0.4, -0.2) is 37.0 Å². The molecule has 0 aromatic heterocycles. The smallest absolute Gasteiger partial charge is 0.395 e. The number of aryl methyl sites for hydroxylation is 1. The van der Waals surface area contributed by atoms with Gasteiger partial charge in [0.25, 0.3) is 5.91 Å². The molecule has 3 aromatic rings. The molecular formula is C28H29F3N2O3. The van der Waals surface area contributed by atoms with Gasteiger partial charge in [-0.05, 0) is 65.9 Å². The van der Waals surface area contributed by atoms with Crippen molar-refractivity contribution in [1.82, 2.24) is 0 Å². The van der Waals surface area contributed by atoms with E-state index < -0.39 is 17.6 Å². The van der Waals surface area contributed by atoms with Gasteiger partial charge in [-0.25, -0.2) is 0 Å². The van der Waals surface area contributed by atoms with E-state index in [1.807, 2.05) is 25.1 Å². The van der Waals surface area contributed by atoms with E-state index in [2.05, 4.69) is 17.1 Å². The summed E-state index contributed by atoms with van der Waals surface area (Å²) in [7, 11) is 0. The van der Waals surface area contributed by atoms with Crippen molar-refractivity contribution in [3.05, 3.63) is 82.9 Å². The number of hydrogen-bond acceptors (Lipinski definition) is 4. The maximum atomic E-state index is 13.0. The van der Waals surface area contributed by atoms with Gasteiger partial charge in [-0.15, -0.1) is 0 Å². The van der Waals surface area contributed by atoms with Gasteiger partial charge in [-0.2, -0.15) is 13.2 Å². The van der Waals surface area contributed by atoms with Gasteiger partial charge in [0.2, 0.25) is 0 Å². The Morgan fingerprint density at radius 3 is 2.44 bits per heavy atom. The normalized spacial score (nSPS) is 11.3. The maximum Gasteiger partial charge on any atom is 0.416 e. The van der Waals surface area contributed by atoms with Gasteiger partial charge in [0.1, 0.15) is 0 Å². The lowest BCUT2D eigenvalue weighted by atomic mass is 9.95. The first-order valence-corrected chi connectivity index (χ1v) is 11.8. The van der Waals surface area contributed by atoms with E-state index in [1.54, 1.807) is 6.07 Å². The number of rotatable bonds is 10. The van der Waals surface area contributed by atoms with E-state index in [9.17, 15) is 27.9 Å². The highest BCUT2D eigenvalue weighted by Crippen LogP contribution is 2.33. The quantitative estimate of drug-likeness (QED) is 0.326. The average molecular weight is 499 g/mol. The summed E-state index contributed by atoms with van der Waals surface area (Å²) in [4.78, 5) is 26.8. The minimum Gasteiger partial charge on any atom is -0.395 e. The molecule has 0 atom stereocenters. The molecule has 0 spiro atoms. The van der Waals surface area contributed by atoms with Crippen molar-refractivity contribution >= 4 is 23.6 Å². The Kier molecular flexibility index (Phi) is 8.88. The van der Waals surface area contributed by atoms with Crippen LogP contribution in [0.25, 0.3) is 11.1 Å². The highest BCUT2D eigenvalue weighted by Gasteiger charge is 2.30. The van der Waals surface area contributed by atoms with Crippen LogP contribution in [-0.2, 0) is 12.6 Å². The van der Waals surface area contributed by atoms with E-state index in [-0.39, 0.29) is 17.9 Å². The van der Waals surface area contributed by atoms with Crippen LogP contribution >= 0.6 is 0 Å². The lowest BCUT2D eigenvalue weighted by Crippen LogP contribution is -2.28. The van der Waals surface area contributed by atoms with Crippen molar-refractivity contribution in [2.24, 2.45) is 0 Å². The third-order valence-electron chi connectivity index (χ3n) is 5.87. The van der Waals surface area contributed by atoms with Crippen LogP contribution in [0.4, 0.5) is 24.5 Å². The van der Waals surface area contributed by atoms with Crippen LogP contribution in [0.3, 0.4) is 0 Å². The number of aliphatic hydroxyl groups is 1. The molecule has 0 bridgehead atoms. The molecule has 5 nitrogen and oxygen atoms in total. The summed E-state index contributed by atoms with van der Waals surface area (Å²) >= 11 is 0. The third kappa shape index (κ3) is 6.31. The molecule has 0 fully saturated rings. The fourth-order valence-corrected chi connectivity index (χ4v) is 4.09. The molecule has 0 heterocycles. The summed E-state index contributed by atoms with van der Waals surface area (Å²) in [5, 5.41) is 12.0. The molecule has 36 heavy (non-hydrogen) atoms. The number of hydrogen-bond donors (Lipinski definition) is 2. The lowest BCUT2D eigenvalue weighted by molar-refractivity contribution is -0.137. The average Bonchev–Trinajstić information content (AvgIpc) is 2.87. The number of benzene rings is 3. The van der Waals surface area contributed by atoms with Crippen LogP contribution in [0.1, 0.15) is 52.1 Å². The van der Waals surface area contributed by atoms with Gasteiger partial charge in [-0.1, -0.05) is 38.1 Å². The van der Waals surface area contributed by atoms with Crippen LogP contribution in [0.15, 0.2) is 60.7 Å². The van der Waals surface area contributed by atoms with Crippen LogP contribution in [0.2, 0.25) is 0 Å². The molecule has 3 rings (SSSR count). The first-order chi connectivity index (χ1) is 17.2. The SMILES string of the molecule is CCCN(CCO)c1cc(-c2cc(C(=O)Nc3cccc(C(F)(F)F)c3)ccc2C=O)ccc1CC. The van der Waals surface area contributed by atoms with Gasteiger partial charge in [-0.3, -0.25) is 9.59 Å².